The number of hydrogen-bond acceptors (Lipinski definition) is 15. The van der Waals surface area contributed by atoms with Gasteiger partial charge in [0, 0.05) is 25.7 Å². The van der Waals surface area contributed by atoms with Crippen molar-refractivity contribution in [3.8, 4) is 0 Å². The number of carbonyl (C=O) groups excluding carboxylic acids is 4. The van der Waals surface area contributed by atoms with Crippen molar-refractivity contribution >= 4 is 39.5 Å². The van der Waals surface area contributed by atoms with E-state index >= 15 is 0 Å². The lowest BCUT2D eigenvalue weighted by Crippen LogP contribution is -2.30. The van der Waals surface area contributed by atoms with Crippen LogP contribution in [0, 0.1) is 5.92 Å². The van der Waals surface area contributed by atoms with E-state index in [2.05, 4.69) is 34.6 Å². The highest BCUT2D eigenvalue weighted by atomic mass is 31.2. The molecule has 3 N–H and O–H groups in total. The number of hydrogen-bond donors (Lipinski definition) is 3. The van der Waals surface area contributed by atoms with Crippen LogP contribution in [0.5, 0.6) is 0 Å². The predicted octanol–water partition coefficient (Wildman–Crippen LogP) is 14.7. The summed E-state index contributed by atoms with van der Waals surface area (Å²) >= 11 is 0. The third-order valence-corrected chi connectivity index (χ3v) is 14.7. The van der Waals surface area contributed by atoms with E-state index in [9.17, 15) is 43.2 Å². The van der Waals surface area contributed by atoms with E-state index in [4.69, 9.17) is 37.0 Å². The van der Waals surface area contributed by atoms with Crippen LogP contribution in [0.25, 0.3) is 0 Å². The molecule has 0 aliphatic rings. The largest absolute Gasteiger partial charge is 0.472 e. The van der Waals surface area contributed by atoms with Gasteiger partial charge in [-0.3, -0.25) is 37.3 Å². The Hall–Kier alpha value is -1.94. The van der Waals surface area contributed by atoms with Gasteiger partial charge in [-0.05, 0) is 31.6 Å². The van der Waals surface area contributed by atoms with Gasteiger partial charge in [-0.1, -0.05) is 221 Å². The summed E-state index contributed by atoms with van der Waals surface area (Å²) in [6.07, 6.45) is 30.9. The monoisotopic (exact) mass is 1110 g/mol. The van der Waals surface area contributed by atoms with Crippen molar-refractivity contribution in [2.75, 3.05) is 39.6 Å². The first-order valence-electron chi connectivity index (χ1n) is 29.6. The second-order valence-electron chi connectivity index (χ2n) is 20.8. The molecule has 19 heteroatoms. The molecular formula is C56H108O17P2. The molecule has 0 aromatic rings. The average molecular weight is 1120 g/mol. The quantitative estimate of drug-likeness (QED) is 0.0222. The first-order chi connectivity index (χ1) is 36.0. The van der Waals surface area contributed by atoms with Crippen molar-refractivity contribution in [3.05, 3.63) is 0 Å². The lowest BCUT2D eigenvalue weighted by molar-refractivity contribution is -0.161. The molecule has 0 aromatic heterocycles. The first kappa shape index (κ1) is 73.1. The molecule has 5 atom stereocenters. The van der Waals surface area contributed by atoms with Gasteiger partial charge in [-0.15, -0.1) is 0 Å². The highest BCUT2D eigenvalue weighted by molar-refractivity contribution is 7.47. The van der Waals surface area contributed by atoms with E-state index in [1.54, 1.807) is 0 Å². The molecule has 0 amide bonds. The molecule has 0 saturated carbocycles. The summed E-state index contributed by atoms with van der Waals surface area (Å²) in [5, 5.41) is 10.5. The van der Waals surface area contributed by atoms with Crippen molar-refractivity contribution in [2.45, 2.75) is 291 Å². The molecule has 0 spiro atoms. The molecule has 0 aliphatic heterocycles. The maximum atomic E-state index is 12.9. The number of rotatable bonds is 56. The van der Waals surface area contributed by atoms with Gasteiger partial charge >= 0.3 is 39.5 Å². The van der Waals surface area contributed by atoms with Crippen molar-refractivity contribution in [3.63, 3.8) is 0 Å². The minimum atomic E-state index is -4.93. The Morgan fingerprint density at radius 3 is 0.907 bits per heavy atom. The zero-order chi connectivity index (χ0) is 55.7. The number of aliphatic hydroxyl groups excluding tert-OH is 1. The summed E-state index contributed by atoms with van der Waals surface area (Å²) in [5.74, 6) is -1.43. The van der Waals surface area contributed by atoms with Crippen LogP contribution in [0.3, 0.4) is 0 Å². The van der Waals surface area contributed by atoms with E-state index in [0.717, 1.165) is 115 Å². The smallest absolute Gasteiger partial charge is 0.462 e. The molecule has 0 bridgehead atoms. The van der Waals surface area contributed by atoms with Gasteiger partial charge < -0.3 is 33.8 Å². The Bertz CT molecular complexity index is 1480. The molecule has 0 fully saturated rings. The summed E-state index contributed by atoms with van der Waals surface area (Å²) in [7, 11) is -9.86. The van der Waals surface area contributed by atoms with Gasteiger partial charge in [0.1, 0.15) is 19.3 Å². The highest BCUT2D eigenvalue weighted by Crippen LogP contribution is 2.45. The topological polar surface area (TPSA) is 237 Å². The molecule has 0 rings (SSSR count). The van der Waals surface area contributed by atoms with E-state index in [0.29, 0.717) is 25.7 Å². The second-order valence-corrected chi connectivity index (χ2v) is 23.7. The van der Waals surface area contributed by atoms with Crippen LogP contribution >= 0.6 is 15.6 Å². The van der Waals surface area contributed by atoms with Gasteiger partial charge in [0.15, 0.2) is 12.2 Å². The van der Waals surface area contributed by atoms with Gasteiger partial charge in [-0.25, -0.2) is 9.13 Å². The summed E-state index contributed by atoms with van der Waals surface area (Å²) in [6, 6.07) is 0. The maximum Gasteiger partial charge on any atom is 0.472 e. The molecular weight excluding hydrogens is 1010 g/mol. The summed E-state index contributed by atoms with van der Waals surface area (Å²) in [6.45, 7) is 7.01. The van der Waals surface area contributed by atoms with Gasteiger partial charge in [0.2, 0.25) is 0 Å². The van der Waals surface area contributed by atoms with Crippen molar-refractivity contribution < 1.29 is 80.2 Å². The Balaban J connectivity index is 5.20. The Labute approximate surface area is 454 Å². The number of aliphatic hydroxyl groups is 1. The minimum absolute atomic E-state index is 0.104. The lowest BCUT2D eigenvalue weighted by Gasteiger charge is -2.21. The third-order valence-electron chi connectivity index (χ3n) is 12.8. The molecule has 75 heavy (non-hydrogen) atoms. The van der Waals surface area contributed by atoms with Crippen LogP contribution in [0.2, 0.25) is 0 Å². The van der Waals surface area contributed by atoms with Crippen molar-refractivity contribution in [1.82, 2.24) is 0 Å². The highest BCUT2D eigenvalue weighted by Gasteiger charge is 2.30. The van der Waals surface area contributed by atoms with E-state index in [-0.39, 0.29) is 25.7 Å². The maximum absolute atomic E-state index is 12.9. The lowest BCUT2D eigenvalue weighted by atomic mass is 10.0. The zero-order valence-electron chi connectivity index (χ0n) is 47.7. The fourth-order valence-corrected chi connectivity index (χ4v) is 9.75. The third kappa shape index (κ3) is 51.3. The number of ether oxygens (including phenoxy) is 4. The molecule has 0 saturated heterocycles. The molecule has 2 unspecified atom stereocenters. The number of carbonyl (C=O) groups is 4. The molecule has 0 heterocycles. The number of phosphoric acid groups is 2. The summed E-state index contributed by atoms with van der Waals surface area (Å²) in [5.41, 5.74) is 0. The SMILES string of the molecule is CCCCCCCCCCC(=O)OC[C@H](COP(=O)(O)OC[C@H](O)COP(=O)(O)OC[C@@H](COC(=O)CCCCCCCCCC)OC(=O)CCCCCCCCCCC(C)C)OC(=O)CCCCCCCCCC. The summed E-state index contributed by atoms with van der Waals surface area (Å²) < 4.78 is 67.5. The van der Waals surface area contributed by atoms with Crippen LogP contribution in [-0.2, 0) is 65.4 Å². The standard InChI is InChI=1S/C56H108O17P2/c1-6-9-12-15-18-24-29-34-39-53(58)66-45-51(72-55(60)41-36-31-26-20-17-14-11-8-3)47-70-74(62,63)68-43-50(57)44-69-75(64,65)71-48-52(46-67-54(59)40-35-30-25-19-16-13-10-7-2)73-56(61)42-37-32-27-22-21-23-28-33-38-49(4)5/h49-52,57H,6-48H2,1-5H3,(H,62,63)(H,64,65)/t50-,51+,52+/m0/s1. The molecule has 0 radical (unpaired) electrons. The van der Waals surface area contributed by atoms with Crippen LogP contribution in [0.15, 0.2) is 0 Å². The Morgan fingerprint density at radius 2 is 0.613 bits per heavy atom. The predicted molar refractivity (Wildman–Crippen MR) is 294 cm³/mol. The van der Waals surface area contributed by atoms with Gasteiger partial charge in [-0.2, -0.15) is 0 Å². The minimum Gasteiger partial charge on any atom is -0.462 e. The van der Waals surface area contributed by atoms with E-state index in [1.807, 2.05) is 0 Å². The molecule has 17 nitrogen and oxygen atoms in total. The van der Waals surface area contributed by atoms with E-state index < -0.39 is 97.5 Å². The van der Waals surface area contributed by atoms with Crippen molar-refractivity contribution in [1.29, 1.82) is 0 Å². The van der Waals surface area contributed by atoms with Crippen LogP contribution in [0.1, 0.15) is 272 Å². The fraction of sp³-hybridized carbons (Fsp3) is 0.929. The molecule has 0 aliphatic carbocycles. The first-order valence-corrected chi connectivity index (χ1v) is 32.6. The number of esters is 4. The van der Waals surface area contributed by atoms with Gasteiger partial charge in [0.25, 0.3) is 0 Å². The molecule has 444 valence electrons. The van der Waals surface area contributed by atoms with Crippen LogP contribution < -0.4 is 0 Å². The van der Waals surface area contributed by atoms with Gasteiger partial charge in [0.05, 0.1) is 26.4 Å². The average Bonchev–Trinajstić information content (AvgIpc) is 3.37. The summed E-state index contributed by atoms with van der Waals surface area (Å²) in [4.78, 5) is 71.6. The number of phosphoric ester groups is 2. The fourth-order valence-electron chi connectivity index (χ4n) is 8.17. The normalized spacial score (nSPS) is 14.5. The van der Waals surface area contributed by atoms with Crippen LogP contribution in [-0.4, -0.2) is 96.7 Å². The van der Waals surface area contributed by atoms with Crippen LogP contribution in [0.4, 0.5) is 0 Å². The number of unbranched alkanes of at least 4 members (excludes halogenated alkanes) is 28. The second kappa shape index (κ2) is 50.3. The zero-order valence-corrected chi connectivity index (χ0v) is 49.5. The Kier molecular flexibility index (Phi) is 49.0. The van der Waals surface area contributed by atoms with Crippen molar-refractivity contribution in [2.24, 2.45) is 5.92 Å². The Morgan fingerprint density at radius 1 is 0.360 bits per heavy atom. The molecule has 0 aromatic carbocycles. The van der Waals surface area contributed by atoms with E-state index in [1.165, 1.54) is 77.0 Å².